The van der Waals surface area contributed by atoms with E-state index in [-0.39, 0.29) is 0 Å². The maximum Gasteiger partial charge on any atom is 0.318 e. The lowest BCUT2D eigenvalue weighted by Crippen LogP contribution is -2.20. The number of nitrogens with zero attached hydrogens (tertiary/aromatic N) is 3. The van der Waals surface area contributed by atoms with Crippen molar-refractivity contribution in [1.29, 1.82) is 0 Å². The van der Waals surface area contributed by atoms with Crippen molar-refractivity contribution in [2.45, 2.75) is 0 Å². The molecule has 5 nitrogen and oxygen atoms in total. The molecule has 0 saturated carbocycles. The third-order valence-corrected chi connectivity index (χ3v) is 1.42. The summed E-state index contributed by atoms with van der Waals surface area (Å²) in [6.07, 6.45) is 1.58. The second-order valence-corrected chi connectivity index (χ2v) is 2.92. The van der Waals surface area contributed by atoms with Gasteiger partial charge in [-0.05, 0) is 20.2 Å². The molecule has 0 atom stereocenters. The Morgan fingerprint density at radius 2 is 2.31 bits per heavy atom. The number of ether oxygens (including phenoxy) is 1. The molecule has 2 N–H and O–H groups in total. The number of hydrogen-bond acceptors (Lipinski definition) is 5. The molecule has 0 bridgehead atoms. The molecule has 0 unspecified atom stereocenters. The van der Waals surface area contributed by atoms with Crippen molar-refractivity contribution < 1.29 is 4.74 Å². The molecule has 0 aromatic carbocycles. The minimum Gasteiger partial charge on any atom is -0.462 e. The SMILES string of the molecule is CN(C)CCOc1nccc(N)n1. The Hall–Kier alpha value is -1.36. The van der Waals surface area contributed by atoms with Crippen LogP contribution in [0.4, 0.5) is 5.82 Å². The summed E-state index contributed by atoms with van der Waals surface area (Å²) in [5.41, 5.74) is 5.45. The summed E-state index contributed by atoms with van der Waals surface area (Å²) in [4.78, 5) is 9.82. The van der Waals surface area contributed by atoms with Crippen LogP contribution in [0.15, 0.2) is 12.3 Å². The van der Waals surface area contributed by atoms with Crippen molar-refractivity contribution in [2.24, 2.45) is 0 Å². The van der Waals surface area contributed by atoms with Crippen LogP contribution in [-0.4, -0.2) is 42.1 Å². The molecular weight excluding hydrogens is 168 g/mol. The first-order chi connectivity index (χ1) is 6.18. The van der Waals surface area contributed by atoms with Crippen LogP contribution in [0, 0.1) is 0 Å². The van der Waals surface area contributed by atoms with Crippen molar-refractivity contribution in [3.8, 4) is 6.01 Å². The van der Waals surface area contributed by atoms with Crippen LogP contribution in [0.25, 0.3) is 0 Å². The smallest absolute Gasteiger partial charge is 0.318 e. The van der Waals surface area contributed by atoms with E-state index >= 15 is 0 Å². The number of anilines is 1. The Bertz CT molecular complexity index is 264. The van der Waals surface area contributed by atoms with E-state index in [4.69, 9.17) is 10.5 Å². The summed E-state index contributed by atoms with van der Waals surface area (Å²) in [7, 11) is 3.95. The second-order valence-electron chi connectivity index (χ2n) is 2.92. The van der Waals surface area contributed by atoms with Crippen molar-refractivity contribution in [3.63, 3.8) is 0 Å². The van der Waals surface area contributed by atoms with E-state index in [9.17, 15) is 0 Å². The number of rotatable bonds is 4. The molecule has 1 aromatic rings. The van der Waals surface area contributed by atoms with Gasteiger partial charge in [0.1, 0.15) is 12.4 Å². The van der Waals surface area contributed by atoms with Crippen molar-refractivity contribution in [3.05, 3.63) is 12.3 Å². The molecule has 0 radical (unpaired) electrons. The molecule has 0 aliphatic carbocycles. The summed E-state index contributed by atoms with van der Waals surface area (Å²) >= 11 is 0. The van der Waals surface area contributed by atoms with Gasteiger partial charge in [-0.3, -0.25) is 0 Å². The predicted octanol–water partition coefficient (Wildman–Crippen LogP) is -0.000800. The van der Waals surface area contributed by atoms with Crippen molar-refractivity contribution >= 4 is 5.82 Å². The molecule has 0 aliphatic rings. The van der Waals surface area contributed by atoms with Crippen LogP contribution in [0.3, 0.4) is 0 Å². The minimum absolute atomic E-state index is 0.335. The Morgan fingerprint density at radius 1 is 1.54 bits per heavy atom. The summed E-state index contributed by atoms with van der Waals surface area (Å²) in [6, 6.07) is 1.96. The Kier molecular flexibility index (Phi) is 3.45. The zero-order valence-corrected chi connectivity index (χ0v) is 7.90. The van der Waals surface area contributed by atoms with E-state index in [0.29, 0.717) is 18.4 Å². The highest BCUT2D eigenvalue weighted by molar-refractivity contribution is 5.26. The van der Waals surface area contributed by atoms with Gasteiger partial charge in [0, 0.05) is 12.7 Å². The highest BCUT2D eigenvalue weighted by Crippen LogP contribution is 2.02. The van der Waals surface area contributed by atoms with Crippen LogP contribution in [0.5, 0.6) is 6.01 Å². The number of likely N-dealkylation sites (N-methyl/N-ethyl adjacent to an activating group) is 1. The van der Waals surface area contributed by atoms with Gasteiger partial charge in [0.15, 0.2) is 0 Å². The maximum absolute atomic E-state index is 5.45. The minimum atomic E-state index is 0.335. The van der Waals surface area contributed by atoms with Crippen LogP contribution in [0.1, 0.15) is 0 Å². The summed E-state index contributed by atoms with van der Waals surface area (Å²) < 4.78 is 5.25. The van der Waals surface area contributed by atoms with E-state index in [1.807, 2.05) is 19.0 Å². The van der Waals surface area contributed by atoms with Gasteiger partial charge in [0.2, 0.25) is 0 Å². The normalized spacial score (nSPS) is 10.4. The number of hydrogen-bond donors (Lipinski definition) is 1. The van der Waals surface area contributed by atoms with E-state index in [1.54, 1.807) is 12.3 Å². The first kappa shape index (κ1) is 9.73. The number of aromatic nitrogens is 2. The van der Waals surface area contributed by atoms with E-state index in [1.165, 1.54) is 0 Å². The Morgan fingerprint density at radius 3 is 2.92 bits per heavy atom. The average molecular weight is 182 g/mol. The summed E-state index contributed by atoms with van der Waals surface area (Å²) in [5, 5.41) is 0. The fourth-order valence-electron chi connectivity index (χ4n) is 0.743. The van der Waals surface area contributed by atoms with Crippen molar-refractivity contribution in [1.82, 2.24) is 14.9 Å². The maximum atomic E-state index is 5.45. The lowest BCUT2D eigenvalue weighted by Gasteiger charge is -2.09. The fraction of sp³-hybridized carbons (Fsp3) is 0.500. The second kappa shape index (κ2) is 4.61. The van der Waals surface area contributed by atoms with Crippen LogP contribution < -0.4 is 10.5 Å². The summed E-state index contributed by atoms with van der Waals surface area (Å²) in [6.45, 7) is 1.40. The van der Waals surface area contributed by atoms with Gasteiger partial charge in [-0.15, -0.1) is 0 Å². The molecule has 1 heterocycles. The van der Waals surface area contributed by atoms with Gasteiger partial charge in [-0.25, -0.2) is 4.98 Å². The molecular formula is C8H14N4O. The number of nitrogens with two attached hydrogens (primary N) is 1. The summed E-state index contributed by atoms with van der Waals surface area (Å²) in [5.74, 6) is 0.426. The van der Waals surface area contributed by atoms with Gasteiger partial charge >= 0.3 is 6.01 Å². The van der Waals surface area contributed by atoms with E-state index < -0.39 is 0 Å². The quantitative estimate of drug-likeness (QED) is 0.710. The highest BCUT2D eigenvalue weighted by Gasteiger charge is 1.97. The largest absolute Gasteiger partial charge is 0.462 e. The van der Waals surface area contributed by atoms with E-state index in [2.05, 4.69) is 9.97 Å². The monoisotopic (exact) mass is 182 g/mol. The van der Waals surface area contributed by atoms with Crippen LogP contribution in [-0.2, 0) is 0 Å². The highest BCUT2D eigenvalue weighted by atomic mass is 16.5. The van der Waals surface area contributed by atoms with Crippen LogP contribution >= 0.6 is 0 Å². The molecule has 1 rings (SSSR count). The molecule has 0 fully saturated rings. The molecule has 13 heavy (non-hydrogen) atoms. The zero-order chi connectivity index (χ0) is 9.68. The Labute approximate surface area is 77.5 Å². The fourth-order valence-corrected chi connectivity index (χ4v) is 0.743. The molecule has 0 spiro atoms. The van der Waals surface area contributed by atoms with Gasteiger partial charge in [-0.2, -0.15) is 4.98 Å². The zero-order valence-electron chi connectivity index (χ0n) is 7.90. The number of nitrogen functional groups attached to an aromatic ring is 1. The molecule has 5 heteroatoms. The average Bonchev–Trinajstić information content (AvgIpc) is 2.03. The van der Waals surface area contributed by atoms with Gasteiger partial charge < -0.3 is 15.4 Å². The Balaban J connectivity index is 2.37. The third-order valence-electron chi connectivity index (χ3n) is 1.42. The first-order valence-corrected chi connectivity index (χ1v) is 4.04. The van der Waals surface area contributed by atoms with Gasteiger partial charge in [0.05, 0.1) is 0 Å². The lowest BCUT2D eigenvalue weighted by atomic mass is 10.6. The molecule has 0 amide bonds. The molecule has 0 saturated heterocycles. The van der Waals surface area contributed by atoms with Crippen molar-refractivity contribution in [2.75, 3.05) is 33.0 Å². The topological polar surface area (TPSA) is 64.3 Å². The third kappa shape index (κ3) is 3.71. The standard InChI is InChI=1S/C8H14N4O/c1-12(2)5-6-13-8-10-4-3-7(9)11-8/h3-4H,5-6H2,1-2H3,(H2,9,10,11). The van der Waals surface area contributed by atoms with Gasteiger partial charge in [-0.1, -0.05) is 0 Å². The van der Waals surface area contributed by atoms with Gasteiger partial charge in [0.25, 0.3) is 0 Å². The molecule has 72 valence electrons. The van der Waals surface area contributed by atoms with E-state index in [0.717, 1.165) is 6.54 Å². The predicted molar refractivity (Wildman–Crippen MR) is 50.5 cm³/mol. The molecule has 0 aliphatic heterocycles. The van der Waals surface area contributed by atoms with Crippen LogP contribution in [0.2, 0.25) is 0 Å². The lowest BCUT2D eigenvalue weighted by molar-refractivity contribution is 0.246. The molecule has 1 aromatic heterocycles. The first-order valence-electron chi connectivity index (χ1n) is 4.04.